The fourth-order valence-corrected chi connectivity index (χ4v) is 3.11. The van der Waals surface area contributed by atoms with Gasteiger partial charge in [-0.2, -0.15) is 5.10 Å². The van der Waals surface area contributed by atoms with E-state index in [0.717, 1.165) is 0 Å². The quantitative estimate of drug-likeness (QED) is 0.651. The van der Waals surface area contributed by atoms with Gasteiger partial charge in [0.25, 0.3) is 11.8 Å². The Balaban J connectivity index is 1.79. The van der Waals surface area contributed by atoms with Crippen LogP contribution in [0, 0.1) is 12.7 Å². The summed E-state index contributed by atoms with van der Waals surface area (Å²) in [5.74, 6) is -0.991. The number of carbonyl (C=O) groups excluding carboxylic acids is 2. The minimum Gasteiger partial charge on any atom is -0.350 e. The standard InChI is InChI=1S/C21H20ClFN4O2/c1-12(2)24-20(28)14-4-8-16(9-5-14)25-21(29)18-13(3)26-27(19(18)22)17-10-6-15(23)7-11-17/h4-12H,1-3H3,(H,24,28)(H,25,29). The summed E-state index contributed by atoms with van der Waals surface area (Å²) < 4.78 is 14.5. The van der Waals surface area contributed by atoms with E-state index >= 15 is 0 Å². The van der Waals surface area contributed by atoms with Crippen LogP contribution in [0.15, 0.2) is 48.5 Å². The van der Waals surface area contributed by atoms with Crippen LogP contribution in [-0.4, -0.2) is 27.6 Å². The number of rotatable bonds is 5. The smallest absolute Gasteiger partial charge is 0.260 e. The van der Waals surface area contributed by atoms with Crippen LogP contribution in [0.4, 0.5) is 10.1 Å². The highest BCUT2D eigenvalue weighted by molar-refractivity contribution is 6.34. The largest absolute Gasteiger partial charge is 0.350 e. The SMILES string of the molecule is Cc1nn(-c2ccc(F)cc2)c(Cl)c1C(=O)Nc1ccc(C(=O)NC(C)C)cc1. The Kier molecular flexibility index (Phi) is 5.98. The Morgan fingerprint density at radius 2 is 1.66 bits per heavy atom. The van der Waals surface area contributed by atoms with E-state index in [4.69, 9.17) is 11.6 Å². The lowest BCUT2D eigenvalue weighted by Gasteiger charge is -2.09. The minimum atomic E-state index is -0.430. The van der Waals surface area contributed by atoms with E-state index in [-0.39, 0.29) is 28.5 Å². The second-order valence-corrected chi connectivity index (χ2v) is 7.16. The molecule has 0 radical (unpaired) electrons. The molecule has 29 heavy (non-hydrogen) atoms. The van der Waals surface area contributed by atoms with Crippen LogP contribution < -0.4 is 10.6 Å². The normalized spacial score (nSPS) is 10.8. The molecule has 8 heteroatoms. The van der Waals surface area contributed by atoms with Crippen molar-refractivity contribution in [2.24, 2.45) is 0 Å². The van der Waals surface area contributed by atoms with Crippen LogP contribution in [-0.2, 0) is 0 Å². The van der Waals surface area contributed by atoms with Crippen LogP contribution in [0.2, 0.25) is 5.15 Å². The molecule has 2 aromatic carbocycles. The molecule has 6 nitrogen and oxygen atoms in total. The Morgan fingerprint density at radius 1 is 1.03 bits per heavy atom. The summed E-state index contributed by atoms with van der Waals surface area (Å²) in [6.07, 6.45) is 0. The maximum absolute atomic E-state index is 13.1. The van der Waals surface area contributed by atoms with Gasteiger partial charge in [-0.05, 0) is 69.3 Å². The summed E-state index contributed by atoms with van der Waals surface area (Å²) in [5, 5.41) is 9.97. The molecule has 2 N–H and O–H groups in total. The van der Waals surface area contributed by atoms with Gasteiger partial charge in [-0.1, -0.05) is 11.6 Å². The molecule has 0 unspecified atom stereocenters. The Morgan fingerprint density at radius 3 is 2.24 bits per heavy atom. The Labute approximate surface area is 172 Å². The van der Waals surface area contributed by atoms with E-state index < -0.39 is 5.91 Å². The van der Waals surface area contributed by atoms with Gasteiger partial charge in [0.05, 0.1) is 11.4 Å². The molecule has 0 saturated carbocycles. The molecule has 0 aliphatic rings. The summed E-state index contributed by atoms with van der Waals surface area (Å²) in [4.78, 5) is 24.7. The first kappa shape index (κ1) is 20.5. The first-order valence-electron chi connectivity index (χ1n) is 8.99. The van der Waals surface area contributed by atoms with Gasteiger partial charge in [-0.25, -0.2) is 9.07 Å². The number of hydrogen-bond donors (Lipinski definition) is 2. The number of hydrogen-bond acceptors (Lipinski definition) is 3. The van der Waals surface area contributed by atoms with Crippen molar-refractivity contribution >= 4 is 29.1 Å². The molecule has 0 bridgehead atoms. The first-order valence-corrected chi connectivity index (χ1v) is 9.37. The molecule has 0 spiro atoms. The lowest BCUT2D eigenvalue weighted by molar-refractivity contribution is 0.0942. The van der Waals surface area contributed by atoms with Crippen LogP contribution in [0.5, 0.6) is 0 Å². The second-order valence-electron chi connectivity index (χ2n) is 6.80. The van der Waals surface area contributed by atoms with Crippen molar-refractivity contribution in [3.63, 3.8) is 0 Å². The van der Waals surface area contributed by atoms with Crippen molar-refractivity contribution in [1.29, 1.82) is 0 Å². The van der Waals surface area contributed by atoms with Gasteiger partial charge in [-0.15, -0.1) is 0 Å². The predicted molar refractivity (Wildman–Crippen MR) is 110 cm³/mol. The van der Waals surface area contributed by atoms with Crippen LogP contribution in [0.3, 0.4) is 0 Å². The second kappa shape index (κ2) is 8.45. The van der Waals surface area contributed by atoms with Crippen LogP contribution >= 0.6 is 11.6 Å². The summed E-state index contributed by atoms with van der Waals surface area (Å²) in [6, 6.07) is 12.2. The molecule has 1 heterocycles. The van der Waals surface area contributed by atoms with Gasteiger partial charge in [-0.3, -0.25) is 9.59 Å². The number of nitrogens with zero attached hydrogens (tertiary/aromatic N) is 2. The topological polar surface area (TPSA) is 76.0 Å². The summed E-state index contributed by atoms with van der Waals surface area (Å²) in [7, 11) is 0. The van der Waals surface area contributed by atoms with Gasteiger partial charge in [0.2, 0.25) is 0 Å². The Bertz CT molecular complexity index is 1040. The first-order chi connectivity index (χ1) is 13.8. The molecule has 150 valence electrons. The fourth-order valence-electron chi connectivity index (χ4n) is 2.75. The molecule has 0 fully saturated rings. The molecular formula is C21H20ClFN4O2. The number of anilines is 1. The molecular weight excluding hydrogens is 395 g/mol. The molecule has 3 aromatic rings. The number of benzene rings is 2. The highest BCUT2D eigenvalue weighted by Crippen LogP contribution is 2.25. The lowest BCUT2D eigenvalue weighted by Crippen LogP contribution is -2.30. The predicted octanol–water partition coefficient (Wildman–Crippen LogP) is 4.36. The molecule has 3 rings (SSSR count). The third kappa shape index (κ3) is 4.63. The van der Waals surface area contributed by atoms with Gasteiger partial charge >= 0.3 is 0 Å². The van der Waals surface area contributed by atoms with Gasteiger partial charge < -0.3 is 10.6 Å². The average Bonchev–Trinajstić information content (AvgIpc) is 2.96. The molecule has 0 saturated heterocycles. The lowest BCUT2D eigenvalue weighted by atomic mass is 10.1. The highest BCUT2D eigenvalue weighted by atomic mass is 35.5. The van der Waals surface area contributed by atoms with Crippen molar-refractivity contribution < 1.29 is 14.0 Å². The Hall–Kier alpha value is -3.19. The van der Waals surface area contributed by atoms with Crippen LogP contribution in [0.25, 0.3) is 5.69 Å². The summed E-state index contributed by atoms with van der Waals surface area (Å²) >= 11 is 6.37. The highest BCUT2D eigenvalue weighted by Gasteiger charge is 2.21. The van der Waals surface area contributed by atoms with Crippen LogP contribution in [0.1, 0.15) is 40.3 Å². The number of aryl methyl sites for hydroxylation is 1. The molecule has 2 amide bonds. The summed E-state index contributed by atoms with van der Waals surface area (Å²) in [5.41, 5.74) is 2.21. The third-order valence-corrected chi connectivity index (χ3v) is 4.48. The van der Waals surface area contributed by atoms with E-state index in [1.54, 1.807) is 31.2 Å². The maximum Gasteiger partial charge on any atom is 0.260 e. The molecule has 0 aliphatic heterocycles. The van der Waals surface area contributed by atoms with E-state index in [0.29, 0.717) is 22.6 Å². The van der Waals surface area contributed by atoms with E-state index in [2.05, 4.69) is 15.7 Å². The number of amides is 2. The fraction of sp³-hybridized carbons (Fsp3) is 0.190. The zero-order chi connectivity index (χ0) is 21.1. The van der Waals surface area contributed by atoms with Gasteiger partial charge in [0.15, 0.2) is 0 Å². The summed E-state index contributed by atoms with van der Waals surface area (Å²) in [6.45, 7) is 5.43. The third-order valence-electron chi connectivity index (χ3n) is 4.13. The number of halogens is 2. The minimum absolute atomic E-state index is 0.0321. The molecule has 1 aromatic heterocycles. The van der Waals surface area contributed by atoms with E-state index in [1.165, 1.54) is 28.9 Å². The number of nitrogens with one attached hydrogen (secondary N) is 2. The van der Waals surface area contributed by atoms with Crippen molar-refractivity contribution in [1.82, 2.24) is 15.1 Å². The van der Waals surface area contributed by atoms with E-state index in [9.17, 15) is 14.0 Å². The van der Waals surface area contributed by atoms with Crippen molar-refractivity contribution in [3.8, 4) is 5.69 Å². The van der Waals surface area contributed by atoms with E-state index in [1.807, 2.05) is 13.8 Å². The number of carbonyl (C=O) groups is 2. The molecule has 0 aliphatic carbocycles. The zero-order valence-electron chi connectivity index (χ0n) is 16.2. The van der Waals surface area contributed by atoms with Crippen molar-refractivity contribution in [2.45, 2.75) is 26.8 Å². The zero-order valence-corrected chi connectivity index (χ0v) is 16.9. The van der Waals surface area contributed by atoms with Gasteiger partial charge in [0.1, 0.15) is 16.5 Å². The maximum atomic E-state index is 13.1. The monoisotopic (exact) mass is 414 g/mol. The van der Waals surface area contributed by atoms with Crippen molar-refractivity contribution in [3.05, 3.63) is 76.3 Å². The number of aromatic nitrogens is 2. The van der Waals surface area contributed by atoms with Gasteiger partial charge in [0, 0.05) is 17.3 Å². The van der Waals surface area contributed by atoms with Crippen molar-refractivity contribution in [2.75, 3.05) is 5.32 Å². The molecule has 0 atom stereocenters. The average molecular weight is 415 g/mol.